The first-order chi connectivity index (χ1) is 2.27. The molecule has 0 aliphatic carbocycles. The minimum Gasteiger partial charge on any atom is -0.369 e. The first kappa shape index (κ1) is 4.95. The summed E-state index contributed by atoms with van der Waals surface area (Å²) in [6.45, 7) is 0. The summed E-state index contributed by atoms with van der Waals surface area (Å²) in [5.74, 6) is -0.329. The predicted octanol–water partition coefficient (Wildman–Crippen LogP) is -0.133. The maximum Gasteiger partial charge on any atom is 0.228 e. The van der Waals surface area contributed by atoms with Gasteiger partial charge in [-0.1, -0.05) is 15.9 Å². The first-order valence-corrected chi connectivity index (χ1v) is 2.24. The normalized spacial score (nSPS) is 7.40. The molecule has 30 valence electrons. The van der Waals surface area contributed by atoms with Crippen LogP contribution in [0, 0.1) is 0 Å². The molecule has 0 radical (unpaired) electrons. The van der Waals surface area contributed by atoms with Crippen LogP contribution in [0.2, 0.25) is 0 Å². The quantitative estimate of drug-likeness (QED) is 0.400. The Hall–Kier alpha value is -0.0500. The maximum absolute atomic E-state index is 9.54. The fourth-order valence-corrected chi connectivity index (χ4v) is 0. The Labute approximate surface area is 38.5 Å². The number of halogens is 1. The standard InChI is InChI=1S/C2H4BrNO/c3-1-2(4)5/h1H2,(H2,4,5)/i1+1,2+1. The molecule has 0 aliphatic heterocycles. The lowest BCUT2D eigenvalue weighted by molar-refractivity contribution is -0.115. The van der Waals surface area contributed by atoms with Crippen LogP contribution in [0.15, 0.2) is 0 Å². The van der Waals surface area contributed by atoms with Crippen LogP contribution in [0.3, 0.4) is 0 Å². The summed E-state index contributed by atoms with van der Waals surface area (Å²) < 4.78 is 0. The third-order valence-electron chi connectivity index (χ3n) is 0.132. The van der Waals surface area contributed by atoms with Gasteiger partial charge in [0.25, 0.3) is 0 Å². The van der Waals surface area contributed by atoms with Crippen molar-refractivity contribution >= 4 is 21.8 Å². The van der Waals surface area contributed by atoms with E-state index < -0.39 is 0 Å². The molecule has 0 saturated carbocycles. The zero-order chi connectivity index (χ0) is 4.28. The number of carbonyl (C=O) groups excluding carboxylic acids is 1. The number of carbonyl (C=O) groups is 1. The largest absolute Gasteiger partial charge is 0.369 e. The Morgan fingerprint density at radius 1 is 2.00 bits per heavy atom. The summed E-state index contributed by atoms with van der Waals surface area (Å²) in [5.41, 5.74) is 4.61. The van der Waals surface area contributed by atoms with E-state index in [9.17, 15) is 4.79 Å². The van der Waals surface area contributed by atoms with Crippen molar-refractivity contribution in [3.8, 4) is 0 Å². The fraction of sp³-hybridized carbons (Fsp3) is 0.500. The number of alkyl halides is 1. The molecule has 0 saturated heterocycles. The van der Waals surface area contributed by atoms with E-state index in [1.807, 2.05) is 0 Å². The first-order valence-electron chi connectivity index (χ1n) is 1.11. The van der Waals surface area contributed by atoms with E-state index in [0.29, 0.717) is 0 Å². The van der Waals surface area contributed by atoms with Crippen LogP contribution in [0.5, 0.6) is 0 Å². The topological polar surface area (TPSA) is 43.1 Å². The summed E-state index contributed by atoms with van der Waals surface area (Å²) in [6.07, 6.45) is 0. The molecule has 0 atom stereocenters. The number of rotatable bonds is 1. The highest BCUT2D eigenvalue weighted by atomic mass is 79.9. The molecule has 0 aliphatic rings. The van der Waals surface area contributed by atoms with E-state index >= 15 is 0 Å². The minimum atomic E-state index is -0.329. The van der Waals surface area contributed by atoms with Gasteiger partial charge in [0.05, 0.1) is 5.33 Å². The van der Waals surface area contributed by atoms with Gasteiger partial charge in [0.15, 0.2) is 0 Å². The van der Waals surface area contributed by atoms with Gasteiger partial charge in [0.1, 0.15) is 0 Å². The Morgan fingerprint density at radius 2 is 2.20 bits per heavy atom. The molecule has 0 fully saturated rings. The summed E-state index contributed by atoms with van der Waals surface area (Å²) in [7, 11) is 0. The molecule has 0 spiro atoms. The summed E-state index contributed by atoms with van der Waals surface area (Å²) >= 11 is 2.84. The van der Waals surface area contributed by atoms with Crippen LogP contribution >= 0.6 is 15.9 Å². The monoisotopic (exact) mass is 139 g/mol. The molecule has 0 rings (SSSR count). The number of amides is 1. The molecule has 0 aromatic rings. The van der Waals surface area contributed by atoms with Crippen LogP contribution in [0.4, 0.5) is 0 Å². The Morgan fingerprint density at radius 3 is 2.20 bits per heavy atom. The highest BCUT2D eigenvalue weighted by molar-refractivity contribution is 9.09. The van der Waals surface area contributed by atoms with Crippen molar-refractivity contribution in [2.75, 3.05) is 5.33 Å². The van der Waals surface area contributed by atoms with E-state index in [1.165, 1.54) is 0 Å². The van der Waals surface area contributed by atoms with Crippen LogP contribution in [0.1, 0.15) is 0 Å². The SMILES string of the molecule is N[13C](=O)[13CH2]Br. The average molecular weight is 140 g/mol. The van der Waals surface area contributed by atoms with Gasteiger partial charge in [-0.2, -0.15) is 0 Å². The van der Waals surface area contributed by atoms with Crippen molar-refractivity contribution in [1.29, 1.82) is 0 Å². The van der Waals surface area contributed by atoms with Gasteiger partial charge in [0.2, 0.25) is 5.91 Å². The molecule has 0 unspecified atom stereocenters. The molecule has 2 nitrogen and oxygen atoms in total. The van der Waals surface area contributed by atoms with Crippen molar-refractivity contribution in [2.24, 2.45) is 5.73 Å². The second kappa shape index (κ2) is 2.20. The van der Waals surface area contributed by atoms with Crippen LogP contribution in [0.25, 0.3) is 0 Å². The zero-order valence-electron chi connectivity index (χ0n) is 2.57. The smallest absolute Gasteiger partial charge is 0.228 e. The highest BCUT2D eigenvalue weighted by Gasteiger charge is 1.79. The molecule has 5 heavy (non-hydrogen) atoms. The number of primary amides is 1. The van der Waals surface area contributed by atoms with Gasteiger partial charge in [-0.15, -0.1) is 0 Å². The zero-order valence-corrected chi connectivity index (χ0v) is 4.16. The van der Waals surface area contributed by atoms with Crippen LogP contribution in [-0.4, -0.2) is 11.2 Å². The number of hydrogen-bond acceptors (Lipinski definition) is 1. The van der Waals surface area contributed by atoms with E-state index in [4.69, 9.17) is 0 Å². The highest BCUT2D eigenvalue weighted by Crippen LogP contribution is 1.71. The third-order valence-corrected chi connectivity index (χ3v) is 0.684. The molecule has 3 heteroatoms. The maximum atomic E-state index is 9.54. The molecule has 0 heterocycles. The predicted molar refractivity (Wildman–Crippen MR) is 23.0 cm³/mol. The van der Waals surface area contributed by atoms with Gasteiger partial charge in [-0.05, 0) is 0 Å². The van der Waals surface area contributed by atoms with Gasteiger partial charge < -0.3 is 5.73 Å². The molecular weight excluding hydrogens is 136 g/mol. The average Bonchev–Trinajstić information content (AvgIpc) is 1.38. The lowest BCUT2D eigenvalue weighted by atomic mass is 11.7. The Bertz CT molecular complexity index is 44.9. The Kier molecular flexibility index (Phi) is 2.18. The minimum absolute atomic E-state index is 0.257. The van der Waals surface area contributed by atoms with Crippen molar-refractivity contribution in [3.05, 3.63) is 0 Å². The Balaban J connectivity index is 2.85. The fourth-order valence-electron chi connectivity index (χ4n) is 0. The van der Waals surface area contributed by atoms with Gasteiger partial charge >= 0.3 is 0 Å². The molecule has 0 aromatic heterocycles. The van der Waals surface area contributed by atoms with Crippen molar-refractivity contribution in [1.82, 2.24) is 0 Å². The van der Waals surface area contributed by atoms with Gasteiger partial charge in [0, 0.05) is 0 Å². The lowest BCUT2D eigenvalue weighted by Gasteiger charge is -1.71. The van der Waals surface area contributed by atoms with Gasteiger partial charge in [-0.25, -0.2) is 0 Å². The van der Waals surface area contributed by atoms with Crippen molar-refractivity contribution < 1.29 is 4.79 Å². The van der Waals surface area contributed by atoms with E-state index in [0.717, 1.165) is 0 Å². The molecule has 0 aromatic carbocycles. The van der Waals surface area contributed by atoms with E-state index in [2.05, 4.69) is 21.7 Å². The van der Waals surface area contributed by atoms with Crippen LogP contribution < -0.4 is 5.73 Å². The van der Waals surface area contributed by atoms with Gasteiger partial charge in [-0.3, -0.25) is 4.79 Å². The number of nitrogens with two attached hydrogens (primary N) is 1. The third kappa shape index (κ3) is 3.95. The lowest BCUT2D eigenvalue weighted by Crippen LogP contribution is -2.10. The second-order valence-electron chi connectivity index (χ2n) is 0.600. The summed E-state index contributed by atoms with van der Waals surface area (Å²) in [6, 6.07) is 0. The molecule has 0 bridgehead atoms. The van der Waals surface area contributed by atoms with Crippen LogP contribution in [-0.2, 0) is 4.79 Å². The molecule has 2 N–H and O–H groups in total. The van der Waals surface area contributed by atoms with E-state index in [-0.39, 0.29) is 11.2 Å². The van der Waals surface area contributed by atoms with Crippen molar-refractivity contribution in [3.63, 3.8) is 0 Å². The molecular formula is C2H4BrNO. The van der Waals surface area contributed by atoms with Crippen molar-refractivity contribution in [2.45, 2.75) is 0 Å². The summed E-state index contributed by atoms with van der Waals surface area (Å²) in [4.78, 5) is 9.54. The molecule has 1 amide bonds. The van der Waals surface area contributed by atoms with E-state index in [1.54, 1.807) is 0 Å². The second-order valence-corrected chi connectivity index (χ2v) is 1.16. The summed E-state index contributed by atoms with van der Waals surface area (Å²) in [5, 5.41) is 0.257. The number of hydrogen-bond donors (Lipinski definition) is 1.